The van der Waals surface area contributed by atoms with Crippen molar-refractivity contribution in [2.75, 3.05) is 0 Å². The van der Waals surface area contributed by atoms with Gasteiger partial charge in [-0.2, -0.15) is 18.3 Å². The molecule has 0 aliphatic carbocycles. The zero-order chi connectivity index (χ0) is 12.5. The summed E-state index contributed by atoms with van der Waals surface area (Å²) < 4.78 is 37.5. The lowest BCUT2D eigenvalue weighted by atomic mass is 10.1. The van der Waals surface area contributed by atoms with Crippen LogP contribution in [0.25, 0.3) is 0 Å². The standard InChI is InChI=1S/C9H12F3N3O/c1-5(13-8(16)9(10,11)12)7-4-15(3)14-6(7)2/h4-5H,1-3H3,(H,13,16). The van der Waals surface area contributed by atoms with Gasteiger partial charge < -0.3 is 5.32 Å². The van der Waals surface area contributed by atoms with E-state index >= 15 is 0 Å². The van der Waals surface area contributed by atoms with Crippen LogP contribution in [0.5, 0.6) is 0 Å². The van der Waals surface area contributed by atoms with Gasteiger partial charge in [-0.1, -0.05) is 0 Å². The Labute approximate surface area is 90.4 Å². The number of carbonyl (C=O) groups excluding carboxylic acids is 1. The van der Waals surface area contributed by atoms with Gasteiger partial charge in [0.25, 0.3) is 0 Å². The minimum Gasteiger partial charge on any atom is -0.342 e. The third-order valence-corrected chi connectivity index (χ3v) is 2.12. The first-order chi connectivity index (χ1) is 7.21. The molecule has 0 radical (unpaired) electrons. The summed E-state index contributed by atoms with van der Waals surface area (Å²) in [6.07, 6.45) is -3.28. The molecule has 1 aromatic rings. The van der Waals surface area contributed by atoms with Crippen LogP contribution in [-0.2, 0) is 11.8 Å². The molecule has 0 bridgehead atoms. The summed E-state index contributed by atoms with van der Waals surface area (Å²) in [5.74, 6) is -1.94. The number of nitrogens with zero attached hydrogens (tertiary/aromatic N) is 2. The van der Waals surface area contributed by atoms with Crippen LogP contribution in [0.3, 0.4) is 0 Å². The molecule has 7 heteroatoms. The molecule has 1 rings (SSSR count). The Bertz CT molecular complexity index is 397. The maximum atomic E-state index is 12.0. The van der Waals surface area contributed by atoms with Crippen LogP contribution in [-0.4, -0.2) is 21.9 Å². The van der Waals surface area contributed by atoms with E-state index in [1.807, 2.05) is 5.32 Å². The first-order valence-electron chi connectivity index (χ1n) is 4.59. The van der Waals surface area contributed by atoms with Crippen molar-refractivity contribution in [1.82, 2.24) is 15.1 Å². The van der Waals surface area contributed by atoms with E-state index < -0.39 is 18.1 Å². The lowest BCUT2D eigenvalue weighted by Crippen LogP contribution is -2.38. The molecule has 0 aromatic carbocycles. The molecular formula is C9H12F3N3O. The fraction of sp³-hybridized carbons (Fsp3) is 0.556. The predicted molar refractivity (Wildman–Crippen MR) is 50.6 cm³/mol. The van der Waals surface area contributed by atoms with E-state index in [4.69, 9.17) is 0 Å². The summed E-state index contributed by atoms with van der Waals surface area (Å²) in [5.41, 5.74) is 1.16. The maximum Gasteiger partial charge on any atom is 0.471 e. The number of rotatable bonds is 2. The summed E-state index contributed by atoms with van der Waals surface area (Å²) in [6, 6.07) is -0.720. The zero-order valence-corrected chi connectivity index (χ0v) is 9.09. The molecule has 1 heterocycles. The molecule has 0 saturated heterocycles. The number of carbonyl (C=O) groups is 1. The third kappa shape index (κ3) is 2.74. The number of hydrogen-bond acceptors (Lipinski definition) is 2. The van der Waals surface area contributed by atoms with Crippen LogP contribution >= 0.6 is 0 Å². The molecule has 16 heavy (non-hydrogen) atoms. The van der Waals surface area contributed by atoms with E-state index in [2.05, 4.69) is 5.10 Å². The van der Waals surface area contributed by atoms with Gasteiger partial charge in [0.05, 0.1) is 11.7 Å². The fourth-order valence-electron chi connectivity index (χ4n) is 1.40. The lowest BCUT2D eigenvalue weighted by Gasteiger charge is -2.14. The van der Waals surface area contributed by atoms with Gasteiger partial charge >= 0.3 is 12.1 Å². The highest BCUT2D eigenvalue weighted by Gasteiger charge is 2.39. The average Bonchev–Trinajstić information content (AvgIpc) is 2.43. The van der Waals surface area contributed by atoms with Gasteiger partial charge in [-0.3, -0.25) is 9.48 Å². The summed E-state index contributed by atoms with van der Waals surface area (Å²) in [5, 5.41) is 5.86. The lowest BCUT2D eigenvalue weighted by molar-refractivity contribution is -0.174. The highest BCUT2D eigenvalue weighted by atomic mass is 19.4. The van der Waals surface area contributed by atoms with Crippen molar-refractivity contribution in [3.8, 4) is 0 Å². The number of amides is 1. The van der Waals surface area contributed by atoms with Crippen molar-refractivity contribution >= 4 is 5.91 Å². The summed E-state index contributed by atoms with van der Waals surface area (Å²) >= 11 is 0. The van der Waals surface area contributed by atoms with Crippen molar-refractivity contribution in [2.45, 2.75) is 26.1 Å². The van der Waals surface area contributed by atoms with Crippen LogP contribution in [0.1, 0.15) is 24.2 Å². The largest absolute Gasteiger partial charge is 0.471 e. The Balaban J connectivity index is 2.77. The molecule has 0 saturated carbocycles. The van der Waals surface area contributed by atoms with Crippen molar-refractivity contribution in [3.63, 3.8) is 0 Å². The van der Waals surface area contributed by atoms with Crippen LogP contribution in [0.15, 0.2) is 6.20 Å². The number of alkyl halides is 3. The molecule has 0 aliphatic heterocycles. The van der Waals surface area contributed by atoms with Crippen molar-refractivity contribution in [3.05, 3.63) is 17.5 Å². The molecule has 1 amide bonds. The molecule has 0 aliphatic rings. The minimum absolute atomic E-state index is 0.570. The number of aromatic nitrogens is 2. The fourth-order valence-corrected chi connectivity index (χ4v) is 1.40. The summed E-state index contributed by atoms with van der Waals surface area (Å²) in [7, 11) is 1.66. The highest BCUT2D eigenvalue weighted by molar-refractivity contribution is 5.82. The number of nitrogens with one attached hydrogen (secondary N) is 1. The van der Waals surface area contributed by atoms with Crippen LogP contribution < -0.4 is 5.32 Å². The number of aryl methyl sites for hydroxylation is 2. The smallest absolute Gasteiger partial charge is 0.342 e. The number of halogens is 3. The van der Waals surface area contributed by atoms with Gasteiger partial charge in [-0.25, -0.2) is 0 Å². The van der Waals surface area contributed by atoms with Crippen LogP contribution in [0.4, 0.5) is 13.2 Å². The van der Waals surface area contributed by atoms with Crippen LogP contribution in [0, 0.1) is 6.92 Å². The van der Waals surface area contributed by atoms with Gasteiger partial charge in [0.2, 0.25) is 0 Å². The maximum absolute atomic E-state index is 12.0. The van der Waals surface area contributed by atoms with Crippen molar-refractivity contribution in [2.24, 2.45) is 7.05 Å². The molecular weight excluding hydrogens is 223 g/mol. The Hall–Kier alpha value is -1.53. The van der Waals surface area contributed by atoms with Gasteiger partial charge in [-0.15, -0.1) is 0 Å². The summed E-state index contributed by atoms with van der Waals surface area (Å²) in [4.78, 5) is 10.7. The van der Waals surface area contributed by atoms with Gasteiger partial charge in [0, 0.05) is 18.8 Å². The van der Waals surface area contributed by atoms with Crippen molar-refractivity contribution < 1.29 is 18.0 Å². The average molecular weight is 235 g/mol. The zero-order valence-electron chi connectivity index (χ0n) is 9.09. The Kier molecular flexibility index (Phi) is 3.25. The second kappa shape index (κ2) is 4.15. The highest BCUT2D eigenvalue weighted by Crippen LogP contribution is 2.19. The van der Waals surface area contributed by atoms with E-state index in [1.54, 1.807) is 20.2 Å². The van der Waals surface area contributed by atoms with Crippen molar-refractivity contribution in [1.29, 1.82) is 0 Å². The van der Waals surface area contributed by atoms with Crippen LogP contribution in [0.2, 0.25) is 0 Å². The van der Waals surface area contributed by atoms with Gasteiger partial charge in [0.15, 0.2) is 0 Å². The Morgan fingerprint density at radius 3 is 2.50 bits per heavy atom. The number of hydrogen-bond donors (Lipinski definition) is 1. The van der Waals surface area contributed by atoms with E-state index in [9.17, 15) is 18.0 Å². The first kappa shape index (κ1) is 12.5. The van der Waals surface area contributed by atoms with Gasteiger partial charge in [-0.05, 0) is 13.8 Å². The SMILES string of the molecule is Cc1nn(C)cc1C(C)NC(=O)C(F)(F)F. The molecule has 1 unspecified atom stereocenters. The quantitative estimate of drug-likeness (QED) is 0.843. The van der Waals surface area contributed by atoms with Gasteiger partial charge in [0.1, 0.15) is 0 Å². The van der Waals surface area contributed by atoms with E-state index in [1.165, 1.54) is 11.6 Å². The Morgan fingerprint density at radius 1 is 1.56 bits per heavy atom. The minimum atomic E-state index is -4.86. The topological polar surface area (TPSA) is 46.9 Å². The van der Waals surface area contributed by atoms with E-state index in [0.29, 0.717) is 11.3 Å². The Morgan fingerprint density at radius 2 is 2.12 bits per heavy atom. The second-order valence-corrected chi connectivity index (χ2v) is 3.54. The normalized spacial score (nSPS) is 13.6. The van der Waals surface area contributed by atoms with E-state index in [-0.39, 0.29) is 0 Å². The summed E-state index contributed by atoms with van der Waals surface area (Å²) in [6.45, 7) is 3.15. The third-order valence-electron chi connectivity index (χ3n) is 2.12. The molecule has 1 N–H and O–H groups in total. The molecule has 1 atom stereocenters. The second-order valence-electron chi connectivity index (χ2n) is 3.54. The first-order valence-corrected chi connectivity index (χ1v) is 4.59. The predicted octanol–water partition coefficient (Wildman–Crippen LogP) is 1.47. The van der Waals surface area contributed by atoms with E-state index in [0.717, 1.165) is 0 Å². The molecule has 0 fully saturated rings. The monoisotopic (exact) mass is 235 g/mol. The molecule has 4 nitrogen and oxygen atoms in total. The molecule has 1 aromatic heterocycles. The molecule has 90 valence electrons. The molecule has 0 spiro atoms.